The summed E-state index contributed by atoms with van der Waals surface area (Å²) in [4.78, 5) is 25.1. The normalized spacial score (nSPS) is 21.6. The summed E-state index contributed by atoms with van der Waals surface area (Å²) < 4.78 is 22.0. The van der Waals surface area contributed by atoms with Crippen molar-refractivity contribution in [2.75, 3.05) is 19.8 Å². The number of allylic oxidation sites excluding steroid dienone is 4. The first-order chi connectivity index (χ1) is 24.3. The van der Waals surface area contributed by atoms with Crippen LogP contribution >= 0.6 is 0 Å². The molecule has 10 heteroatoms. The van der Waals surface area contributed by atoms with Gasteiger partial charge in [0.2, 0.25) is 0 Å². The monoisotopic (exact) mass is 713 g/mol. The van der Waals surface area contributed by atoms with Crippen LogP contribution in [0.4, 0.5) is 0 Å². The summed E-state index contributed by atoms with van der Waals surface area (Å²) in [6.07, 6.45) is 24.8. The van der Waals surface area contributed by atoms with Crippen LogP contribution in [0.15, 0.2) is 24.3 Å². The third kappa shape index (κ3) is 23.6. The molecule has 0 amide bonds. The standard InChI is InChI=1S/C40H72O10/c1-3-5-7-9-11-13-15-16-17-18-19-21-23-25-27-29-36(43)49-33(32-48-40-39(46)38(45)37(44)34(30-41)50-40)31-47-35(42)28-26-24-22-20-14-12-10-8-6-4-2/h8,10,16-17,33-34,37-41,44-46H,3-7,9,11-15,18-32H2,1-2H3/b10-8-,17-16-. The molecule has 0 aromatic rings. The fraction of sp³-hybridized carbons (Fsp3) is 0.850. The van der Waals surface area contributed by atoms with E-state index in [0.717, 1.165) is 70.6 Å². The Morgan fingerprint density at radius 2 is 1.10 bits per heavy atom. The first kappa shape index (κ1) is 46.2. The highest BCUT2D eigenvalue weighted by Gasteiger charge is 2.44. The molecule has 0 bridgehead atoms. The fourth-order valence-corrected chi connectivity index (χ4v) is 5.83. The van der Waals surface area contributed by atoms with Gasteiger partial charge in [0.15, 0.2) is 12.4 Å². The van der Waals surface area contributed by atoms with E-state index in [0.29, 0.717) is 12.8 Å². The highest BCUT2D eigenvalue weighted by molar-refractivity contribution is 5.70. The number of aliphatic hydroxyl groups is 4. The van der Waals surface area contributed by atoms with Crippen molar-refractivity contribution >= 4 is 11.9 Å². The molecule has 0 aromatic heterocycles. The van der Waals surface area contributed by atoms with Crippen LogP contribution in [0, 0.1) is 0 Å². The molecule has 0 radical (unpaired) electrons. The van der Waals surface area contributed by atoms with Crippen molar-refractivity contribution < 1.29 is 49.0 Å². The quantitative estimate of drug-likeness (QED) is 0.0316. The van der Waals surface area contributed by atoms with E-state index in [9.17, 15) is 30.0 Å². The second kappa shape index (κ2) is 31.9. The number of unbranched alkanes of at least 4 members (excludes halogenated alkanes) is 17. The minimum absolute atomic E-state index is 0.219. The number of rotatable bonds is 32. The van der Waals surface area contributed by atoms with Gasteiger partial charge >= 0.3 is 11.9 Å². The van der Waals surface area contributed by atoms with E-state index >= 15 is 0 Å². The summed E-state index contributed by atoms with van der Waals surface area (Å²) in [6, 6.07) is 0. The van der Waals surface area contributed by atoms with Gasteiger partial charge in [-0.2, -0.15) is 0 Å². The molecule has 1 fully saturated rings. The van der Waals surface area contributed by atoms with Crippen molar-refractivity contribution in [1.29, 1.82) is 0 Å². The number of carbonyl (C=O) groups excluding carboxylic acids is 2. The predicted octanol–water partition coefficient (Wildman–Crippen LogP) is 7.38. The lowest BCUT2D eigenvalue weighted by atomic mass is 9.99. The Labute approximate surface area is 303 Å². The molecule has 0 spiro atoms. The van der Waals surface area contributed by atoms with Gasteiger partial charge in [0.25, 0.3) is 0 Å². The molecule has 10 nitrogen and oxygen atoms in total. The molecule has 50 heavy (non-hydrogen) atoms. The largest absolute Gasteiger partial charge is 0.462 e. The Balaban J connectivity index is 2.39. The lowest BCUT2D eigenvalue weighted by Crippen LogP contribution is -2.59. The maximum atomic E-state index is 12.7. The molecule has 292 valence electrons. The van der Waals surface area contributed by atoms with Crippen LogP contribution in [-0.2, 0) is 28.5 Å². The van der Waals surface area contributed by atoms with Crippen molar-refractivity contribution in [2.45, 2.75) is 198 Å². The van der Waals surface area contributed by atoms with Gasteiger partial charge in [0.1, 0.15) is 31.0 Å². The van der Waals surface area contributed by atoms with Gasteiger partial charge < -0.3 is 39.4 Å². The fourth-order valence-electron chi connectivity index (χ4n) is 5.83. The third-order valence-corrected chi connectivity index (χ3v) is 9.04. The van der Waals surface area contributed by atoms with Gasteiger partial charge in [0.05, 0.1) is 13.2 Å². The molecule has 6 atom stereocenters. The van der Waals surface area contributed by atoms with Crippen LogP contribution in [0.2, 0.25) is 0 Å². The van der Waals surface area contributed by atoms with Gasteiger partial charge in [-0.1, -0.05) is 115 Å². The van der Waals surface area contributed by atoms with Gasteiger partial charge in [-0.05, 0) is 57.8 Å². The molecule has 6 unspecified atom stereocenters. The second-order valence-corrected chi connectivity index (χ2v) is 13.7. The number of ether oxygens (including phenoxy) is 4. The van der Waals surface area contributed by atoms with Gasteiger partial charge in [-0.15, -0.1) is 0 Å². The highest BCUT2D eigenvalue weighted by atomic mass is 16.7. The van der Waals surface area contributed by atoms with Gasteiger partial charge in [0, 0.05) is 12.8 Å². The topological polar surface area (TPSA) is 152 Å². The van der Waals surface area contributed by atoms with Crippen molar-refractivity contribution in [1.82, 2.24) is 0 Å². The lowest BCUT2D eigenvalue weighted by molar-refractivity contribution is -0.305. The number of aliphatic hydroxyl groups excluding tert-OH is 4. The van der Waals surface area contributed by atoms with E-state index < -0.39 is 55.4 Å². The van der Waals surface area contributed by atoms with Crippen molar-refractivity contribution in [3.8, 4) is 0 Å². The van der Waals surface area contributed by atoms with E-state index in [1.54, 1.807) is 0 Å². The molecule has 1 rings (SSSR count). The molecular formula is C40H72O10. The SMILES string of the molecule is CCC/C=C\CCCCCCCC(=O)OCC(COC1OC(CO)C(O)C(O)C1O)OC(=O)CCCCCCC/C=C\CCCCCCCC. The summed E-state index contributed by atoms with van der Waals surface area (Å²) in [5.74, 6) is -0.829. The molecule has 1 aliphatic rings. The molecule has 1 saturated heterocycles. The average Bonchev–Trinajstić information content (AvgIpc) is 3.11. The number of hydrogen-bond donors (Lipinski definition) is 4. The Morgan fingerprint density at radius 1 is 0.600 bits per heavy atom. The minimum Gasteiger partial charge on any atom is -0.462 e. The van der Waals surface area contributed by atoms with Crippen LogP contribution in [0.25, 0.3) is 0 Å². The number of carbonyl (C=O) groups is 2. The molecule has 0 aromatic carbocycles. The van der Waals surface area contributed by atoms with Crippen LogP contribution in [0.5, 0.6) is 0 Å². The van der Waals surface area contributed by atoms with Crippen molar-refractivity contribution in [3.05, 3.63) is 24.3 Å². The van der Waals surface area contributed by atoms with Crippen LogP contribution in [0.1, 0.15) is 162 Å². The Hall–Kier alpha value is -1.82. The Morgan fingerprint density at radius 3 is 1.64 bits per heavy atom. The Kier molecular flexibility index (Phi) is 29.5. The van der Waals surface area contributed by atoms with Crippen molar-refractivity contribution in [2.24, 2.45) is 0 Å². The van der Waals surface area contributed by atoms with Crippen LogP contribution in [0.3, 0.4) is 0 Å². The molecule has 0 saturated carbocycles. The van der Waals surface area contributed by atoms with E-state index in [-0.39, 0.29) is 26.1 Å². The van der Waals surface area contributed by atoms with E-state index in [2.05, 4.69) is 38.2 Å². The highest BCUT2D eigenvalue weighted by Crippen LogP contribution is 2.22. The van der Waals surface area contributed by atoms with Gasteiger partial charge in [-0.25, -0.2) is 0 Å². The lowest BCUT2D eigenvalue weighted by Gasteiger charge is -2.39. The Bertz CT molecular complexity index is 876. The zero-order valence-corrected chi connectivity index (χ0v) is 31.4. The smallest absolute Gasteiger partial charge is 0.306 e. The third-order valence-electron chi connectivity index (χ3n) is 9.04. The summed E-state index contributed by atoms with van der Waals surface area (Å²) in [6.45, 7) is 3.32. The summed E-state index contributed by atoms with van der Waals surface area (Å²) in [7, 11) is 0. The van der Waals surface area contributed by atoms with E-state index in [1.165, 1.54) is 51.4 Å². The van der Waals surface area contributed by atoms with Crippen molar-refractivity contribution in [3.63, 3.8) is 0 Å². The van der Waals surface area contributed by atoms with Gasteiger partial charge in [-0.3, -0.25) is 9.59 Å². The minimum atomic E-state index is -1.59. The maximum Gasteiger partial charge on any atom is 0.306 e. The average molecular weight is 713 g/mol. The van der Waals surface area contributed by atoms with Crippen LogP contribution in [-0.4, -0.2) is 89.0 Å². The zero-order valence-electron chi connectivity index (χ0n) is 31.4. The summed E-state index contributed by atoms with van der Waals surface area (Å²) >= 11 is 0. The predicted molar refractivity (Wildman–Crippen MR) is 196 cm³/mol. The molecular weight excluding hydrogens is 640 g/mol. The zero-order chi connectivity index (χ0) is 36.7. The molecule has 0 aliphatic carbocycles. The molecule has 1 heterocycles. The number of esters is 2. The molecule has 4 N–H and O–H groups in total. The second-order valence-electron chi connectivity index (χ2n) is 13.7. The number of hydrogen-bond acceptors (Lipinski definition) is 10. The van der Waals surface area contributed by atoms with Crippen LogP contribution < -0.4 is 0 Å². The first-order valence-electron chi connectivity index (χ1n) is 19.9. The van der Waals surface area contributed by atoms with E-state index in [4.69, 9.17) is 18.9 Å². The first-order valence-corrected chi connectivity index (χ1v) is 19.9. The summed E-state index contributed by atoms with van der Waals surface area (Å²) in [5.41, 5.74) is 0. The summed E-state index contributed by atoms with van der Waals surface area (Å²) in [5, 5.41) is 39.9. The van der Waals surface area contributed by atoms with E-state index in [1.807, 2.05) is 0 Å². The molecule has 1 aliphatic heterocycles. The maximum absolute atomic E-state index is 12.7.